The van der Waals surface area contributed by atoms with E-state index in [0.717, 1.165) is 12.2 Å². The predicted molar refractivity (Wildman–Crippen MR) is 88.1 cm³/mol. The summed E-state index contributed by atoms with van der Waals surface area (Å²) in [5.41, 5.74) is 5.47. The fraction of sp³-hybridized carbons (Fsp3) is 0.368. The quantitative estimate of drug-likeness (QED) is 0.854. The smallest absolute Gasteiger partial charge is 0.124 e. The standard InChI is InChI=1S/C19H23NO/c1-3-18(17-9-4-5-10-19(17)21-2)20-16-12-11-14-7-6-8-15(14)13-16/h4-5,9-13,18,20H,3,6-8H2,1-2H3. The van der Waals surface area contributed by atoms with Crippen LogP contribution in [0.3, 0.4) is 0 Å². The second-order valence-corrected chi connectivity index (χ2v) is 5.68. The molecule has 2 heteroatoms. The number of ether oxygens (including phenoxy) is 1. The van der Waals surface area contributed by atoms with Gasteiger partial charge in [0, 0.05) is 11.3 Å². The molecule has 0 aliphatic heterocycles. The van der Waals surface area contributed by atoms with Crippen molar-refractivity contribution in [1.29, 1.82) is 0 Å². The Morgan fingerprint density at radius 1 is 1.10 bits per heavy atom. The number of aryl methyl sites for hydroxylation is 2. The lowest BCUT2D eigenvalue weighted by Crippen LogP contribution is -2.11. The molecule has 0 saturated carbocycles. The molecule has 2 aromatic carbocycles. The van der Waals surface area contributed by atoms with E-state index in [2.05, 4.69) is 42.6 Å². The normalized spacial score (nSPS) is 14.6. The van der Waals surface area contributed by atoms with Gasteiger partial charge < -0.3 is 10.1 Å². The van der Waals surface area contributed by atoms with Crippen LogP contribution in [0.1, 0.15) is 42.5 Å². The third-order valence-electron chi connectivity index (χ3n) is 4.36. The Kier molecular flexibility index (Phi) is 4.14. The van der Waals surface area contributed by atoms with Crippen LogP contribution in [0.5, 0.6) is 5.75 Å². The summed E-state index contributed by atoms with van der Waals surface area (Å²) < 4.78 is 5.50. The summed E-state index contributed by atoms with van der Waals surface area (Å²) in [5, 5.41) is 3.67. The number of para-hydroxylation sites is 1. The fourth-order valence-corrected chi connectivity index (χ4v) is 3.22. The Hall–Kier alpha value is -1.96. The number of nitrogens with one attached hydrogen (secondary N) is 1. The molecular weight excluding hydrogens is 258 g/mol. The lowest BCUT2D eigenvalue weighted by molar-refractivity contribution is 0.406. The van der Waals surface area contributed by atoms with Crippen molar-refractivity contribution in [3.8, 4) is 5.75 Å². The monoisotopic (exact) mass is 281 g/mol. The van der Waals surface area contributed by atoms with Gasteiger partial charge in [-0.2, -0.15) is 0 Å². The number of methoxy groups -OCH3 is 1. The number of rotatable bonds is 5. The number of hydrogen-bond donors (Lipinski definition) is 1. The number of hydrogen-bond acceptors (Lipinski definition) is 2. The molecule has 0 radical (unpaired) electrons. The summed E-state index contributed by atoms with van der Waals surface area (Å²) in [4.78, 5) is 0. The van der Waals surface area contributed by atoms with Crippen LogP contribution in [0.15, 0.2) is 42.5 Å². The second kappa shape index (κ2) is 6.21. The summed E-state index contributed by atoms with van der Waals surface area (Å²) in [6.07, 6.45) is 4.77. The van der Waals surface area contributed by atoms with Crippen LogP contribution < -0.4 is 10.1 Å². The molecule has 3 rings (SSSR count). The van der Waals surface area contributed by atoms with Crippen molar-refractivity contribution < 1.29 is 4.74 Å². The maximum Gasteiger partial charge on any atom is 0.124 e. The van der Waals surface area contributed by atoms with Gasteiger partial charge >= 0.3 is 0 Å². The lowest BCUT2D eigenvalue weighted by atomic mass is 10.0. The van der Waals surface area contributed by atoms with Gasteiger partial charge in [-0.1, -0.05) is 31.2 Å². The maximum atomic E-state index is 5.50. The molecule has 1 unspecified atom stereocenters. The van der Waals surface area contributed by atoms with Crippen LogP contribution in [0, 0.1) is 0 Å². The number of benzene rings is 2. The summed E-state index contributed by atoms with van der Waals surface area (Å²) in [5.74, 6) is 0.956. The van der Waals surface area contributed by atoms with Crippen molar-refractivity contribution in [1.82, 2.24) is 0 Å². The first-order valence-electron chi connectivity index (χ1n) is 7.83. The van der Waals surface area contributed by atoms with Crippen molar-refractivity contribution in [3.05, 3.63) is 59.2 Å². The first-order chi connectivity index (χ1) is 10.3. The molecule has 1 aliphatic carbocycles. The minimum absolute atomic E-state index is 0.278. The van der Waals surface area contributed by atoms with Gasteiger partial charge in [-0.3, -0.25) is 0 Å². The van der Waals surface area contributed by atoms with Crippen molar-refractivity contribution in [3.63, 3.8) is 0 Å². The van der Waals surface area contributed by atoms with E-state index in [-0.39, 0.29) is 6.04 Å². The van der Waals surface area contributed by atoms with Gasteiger partial charge in [0.25, 0.3) is 0 Å². The van der Waals surface area contributed by atoms with Gasteiger partial charge in [-0.05, 0) is 55.0 Å². The number of anilines is 1. The first-order valence-corrected chi connectivity index (χ1v) is 7.83. The molecule has 2 nitrogen and oxygen atoms in total. The van der Waals surface area contributed by atoms with E-state index >= 15 is 0 Å². The Morgan fingerprint density at radius 2 is 1.90 bits per heavy atom. The number of fused-ring (bicyclic) bond motifs is 1. The third kappa shape index (κ3) is 2.90. The largest absolute Gasteiger partial charge is 0.496 e. The molecule has 1 atom stereocenters. The molecule has 0 saturated heterocycles. The highest BCUT2D eigenvalue weighted by molar-refractivity contribution is 5.52. The Bertz CT molecular complexity index is 621. The van der Waals surface area contributed by atoms with Crippen LogP contribution in [-0.2, 0) is 12.8 Å². The zero-order valence-electron chi connectivity index (χ0n) is 12.9. The molecule has 2 aromatic rings. The highest BCUT2D eigenvalue weighted by Crippen LogP contribution is 2.31. The summed E-state index contributed by atoms with van der Waals surface area (Å²) in [7, 11) is 1.74. The zero-order valence-corrected chi connectivity index (χ0v) is 12.9. The molecule has 0 heterocycles. The van der Waals surface area contributed by atoms with Gasteiger partial charge in [0.05, 0.1) is 13.2 Å². The van der Waals surface area contributed by atoms with Gasteiger partial charge in [0.2, 0.25) is 0 Å². The van der Waals surface area contributed by atoms with E-state index in [1.807, 2.05) is 12.1 Å². The molecule has 0 fully saturated rings. The molecule has 0 amide bonds. The molecule has 1 N–H and O–H groups in total. The maximum absolute atomic E-state index is 5.50. The van der Waals surface area contributed by atoms with E-state index in [1.54, 1.807) is 7.11 Å². The molecule has 0 bridgehead atoms. The van der Waals surface area contributed by atoms with E-state index in [4.69, 9.17) is 4.74 Å². The van der Waals surface area contributed by atoms with Crippen molar-refractivity contribution >= 4 is 5.69 Å². The van der Waals surface area contributed by atoms with Gasteiger partial charge in [-0.15, -0.1) is 0 Å². The summed E-state index contributed by atoms with van der Waals surface area (Å²) in [6, 6.07) is 15.4. The Labute approximate surface area is 127 Å². The SMILES string of the molecule is CCC(Nc1ccc2c(c1)CCC2)c1ccccc1OC. The highest BCUT2D eigenvalue weighted by atomic mass is 16.5. The molecule has 21 heavy (non-hydrogen) atoms. The van der Waals surface area contributed by atoms with E-state index in [1.165, 1.54) is 41.6 Å². The third-order valence-corrected chi connectivity index (χ3v) is 4.36. The first kappa shape index (κ1) is 14.0. The minimum Gasteiger partial charge on any atom is -0.496 e. The predicted octanol–water partition coefficient (Wildman–Crippen LogP) is 4.75. The Balaban J connectivity index is 1.84. The van der Waals surface area contributed by atoms with Crippen LogP contribution in [0.4, 0.5) is 5.69 Å². The highest BCUT2D eigenvalue weighted by Gasteiger charge is 2.15. The second-order valence-electron chi connectivity index (χ2n) is 5.68. The van der Waals surface area contributed by atoms with Crippen LogP contribution >= 0.6 is 0 Å². The molecule has 110 valence electrons. The van der Waals surface area contributed by atoms with E-state index < -0.39 is 0 Å². The zero-order chi connectivity index (χ0) is 14.7. The van der Waals surface area contributed by atoms with Crippen LogP contribution in [0.2, 0.25) is 0 Å². The average Bonchev–Trinajstić information content (AvgIpc) is 3.00. The van der Waals surface area contributed by atoms with Crippen molar-refractivity contribution in [2.24, 2.45) is 0 Å². The van der Waals surface area contributed by atoms with Crippen LogP contribution in [-0.4, -0.2) is 7.11 Å². The summed E-state index contributed by atoms with van der Waals surface area (Å²) in [6.45, 7) is 2.21. The van der Waals surface area contributed by atoms with Gasteiger partial charge in [0.15, 0.2) is 0 Å². The van der Waals surface area contributed by atoms with E-state index in [0.29, 0.717) is 0 Å². The lowest BCUT2D eigenvalue weighted by Gasteiger charge is -2.21. The van der Waals surface area contributed by atoms with E-state index in [9.17, 15) is 0 Å². The topological polar surface area (TPSA) is 21.3 Å². The van der Waals surface area contributed by atoms with Crippen molar-refractivity contribution in [2.75, 3.05) is 12.4 Å². The molecule has 0 spiro atoms. The molecule has 1 aliphatic rings. The molecular formula is C19H23NO. The summed E-state index contributed by atoms with van der Waals surface area (Å²) >= 11 is 0. The average molecular weight is 281 g/mol. The minimum atomic E-state index is 0.278. The van der Waals surface area contributed by atoms with Gasteiger partial charge in [-0.25, -0.2) is 0 Å². The van der Waals surface area contributed by atoms with Crippen LogP contribution in [0.25, 0.3) is 0 Å². The van der Waals surface area contributed by atoms with Crippen molar-refractivity contribution in [2.45, 2.75) is 38.6 Å². The fourth-order valence-electron chi connectivity index (χ4n) is 3.22. The Morgan fingerprint density at radius 3 is 2.71 bits per heavy atom. The molecule has 0 aromatic heterocycles. The van der Waals surface area contributed by atoms with Gasteiger partial charge in [0.1, 0.15) is 5.75 Å².